The zero-order valence-electron chi connectivity index (χ0n) is 10.8. The van der Waals surface area contributed by atoms with E-state index in [2.05, 4.69) is 26.6 Å². The first-order chi connectivity index (χ1) is 10.0. The highest BCUT2D eigenvalue weighted by Crippen LogP contribution is 2.22. The molecule has 2 amide bonds. The Labute approximate surface area is 129 Å². The van der Waals surface area contributed by atoms with Crippen LogP contribution in [0.25, 0.3) is 0 Å². The highest BCUT2D eigenvalue weighted by Gasteiger charge is 2.24. The Morgan fingerprint density at radius 3 is 2.67 bits per heavy atom. The molecule has 0 spiro atoms. The van der Waals surface area contributed by atoms with Crippen LogP contribution >= 0.6 is 15.9 Å². The molecule has 0 fully saturated rings. The summed E-state index contributed by atoms with van der Waals surface area (Å²) in [4.78, 5) is 22.6. The van der Waals surface area contributed by atoms with Crippen molar-refractivity contribution in [1.29, 1.82) is 0 Å². The fourth-order valence-corrected chi connectivity index (χ4v) is 2.13. The van der Waals surface area contributed by atoms with Gasteiger partial charge in [-0.3, -0.25) is 0 Å². The van der Waals surface area contributed by atoms with Gasteiger partial charge in [0, 0.05) is 10.2 Å². The van der Waals surface area contributed by atoms with E-state index in [9.17, 15) is 14.7 Å². The molecule has 1 aromatic rings. The maximum absolute atomic E-state index is 11.9. The van der Waals surface area contributed by atoms with Crippen LogP contribution in [0.5, 0.6) is 0 Å². The first kappa shape index (κ1) is 15.1. The van der Waals surface area contributed by atoms with E-state index in [0.29, 0.717) is 5.69 Å². The highest BCUT2D eigenvalue weighted by atomic mass is 79.9. The number of nitrogens with one attached hydrogen (secondary N) is 2. The quantitative estimate of drug-likeness (QED) is 0.606. The molecule has 1 unspecified atom stereocenters. The molecule has 5 N–H and O–H groups in total. The lowest BCUT2D eigenvalue weighted by molar-refractivity contribution is 0.230. The zero-order chi connectivity index (χ0) is 15.4. The lowest BCUT2D eigenvalue weighted by atomic mass is 10.00. The molecule has 0 bridgehead atoms. The number of hydrogen-bond acceptors (Lipinski definition) is 4. The van der Waals surface area contributed by atoms with Crippen LogP contribution in [-0.2, 0) is 4.79 Å². The van der Waals surface area contributed by atoms with Crippen molar-refractivity contribution in [1.82, 2.24) is 5.32 Å². The molecule has 1 atom stereocenters. The second-order valence-electron chi connectivity index (χ2n) is 4.22. The summed E-state index contributed by atoms with van der Waals surface area (Å²) in [6, 6.07) is 6.53. The van der Waals surface area contributed by atoms with Gasteiger partial charge in [-0.15, -0.1) is 0 Å². The summed E-state index contributed by atoms with van der Waals surface area (Å²) in [7, 11) is 0. The topological polar surface area (TPSA) is 104 Å². The number of halogens is 1. The molecule has 0 heterocycles. The van der Waals surface area contributed by atoms with E-state index in [-0.39, 0.29) is 17.0 Å². The normalized spacial score (nSPS) is 17.4. The number of aliphatic hydroxyl groups excluding tert-OH is 1. The van der Waals surface area contributed by atoms with Crippen molar-refractivity contribution in [3.05, 3.63) is 57.9 Å². The summed E-state index contributed by atoms with van der Waals surface area (Å²) in [6.45, 7) is 0. The van der Waals surface area contributed by atoms with Gasteiger partial charge in [-0.1, -0.05) is 12.1 Å². The fraction of sp³-hybridized carbons (Fsp3) is 0.0714. The van der Waals surface area contributed by atoms with Crippen LogP contribution in [0.4, 0.5) is 10.5 Å². The Hall–Kier alpha value is -2.34. The minimum Gasteiger partial charge on any atom is -0.398 e. The van der Waals surface area contributed by atoms with Gasteiger partial charge in [-0.2, -0.15) is 0 Å². The molecular weight excluding hydrogens is 338 g/mol. The zero-order valence-corrected chi connectivity index (χ0v) is 12.3. The molecule has 0 saturated heterocycles. The molecule has 0 aliphatic heterocycles. The molecule has 6 nitrogen and oxygen atoms in total. The number of nitrogens with two attached hydrogens (primary N) is 1. The van der Waals surface area contributed by atoms with Crippen molar-refractivity contribution in [2.45, 2.75) is 6.10 Å². The number of para-hydroxylation sites is 1. The van der Waals surface area contributed by atoms with Crippen molar-refractivity contribution in [3.8, 4) is 0 Å². The molecule has 1 aliphatic carbocycles. The van der Waals surface area contributed by atoms with Crippen LogP contribution in [0.1, 0.15) is 0 Å². The number of allylic oxidation sites excluding steroid dienone is 2. The Kier molecular flexibility index (Phi) is 4.59. The average Bonchev–Trinajstić information content (AvgIpc) is 2.45. The van der Waals surface area contributed by atoms with E-state index in [1.807, 2.05) is 6.07 Å². The second kappa shape index (κ2) is 6.41. The monoisotopic (exact) mass is 349 g/mol. The van der Waals surface area contributed by atoms with E-state index in [1.54, 1.807) is 24.1 Å². The van der Waals surface area contributed by atoms with Gasteiger partial charge in [-0.25, -0.2) is 9.59 Å². The van der Waals surface area contributed by atoms with Crippen LogP contribution < -0.4 is 16.4 Å². The van der Waals surface area contributed by atoms with Crippen molar-refractivity contribution in [2.24, 2.45) is 5.73 Å². The third kappa shape index (κ3) is 3.41. The predicted octanol–water partition coefficient (Wildman–Crippen LogP) is 1.43. The number of anilines is 1. The lowest BCUT2D eigenvalue weighted by Crippen LogP contribution is -2.36. The van der Waals surface area contributed by atoms with Crippen LogP contribution in [-0.4, -0.2) is 23.2 Å². The number of rotatable bonds is 2. The number of urea groups is 1. The van der Waals surface area contributed by atoms with Gasteiger partial charge in [0.15, 0.2) is 0 Å². The molecule has 1 aromatic carbocycles. The number of carbonyl (C=O) groups excluding carboxylic acids is 2. The first-order valence-electron chi connectivity index (χ1n) is 5.96. The molecule has 0 radical (unpaired) electrons. The number of carbonyl (C=O) groups is 1. The fourth-order valence-electron chi connectivity index (χ4n) is 1.75. The van der Waals surface area contributed by atoms with Crippen LogP contribution in [0.2, 0.25) is 0 Å². The summed E-state index contributed by atoms with van der Waals surface area (Å²) in [5, 5.41) is 15.0. The summed E-state index contributed by atoms with van der Waals surface area (Å²) >= 11 is 3.30. The maximum atomic E-state index is 11.9. The molecule has 0 aromatic heterocycles. The van der Waals surface area contributed by atoms with Crippen molar-refractivity contribution < 1.29 is 14.7 Å². The van der Waals surface area contributed by atoms with Gasteiger partial charge in [0.05, 0.1) is 17.0 Å². The summed E-state index contributed by atoms with van der Waals surface area (Å²) in [5.74, 6) is 1.57. The van der Waals surface area contributed by atoms with E-state index in [4.69, 9.17) is 5.73 Å². The molecule has 1 aliphatic rings. The number of hydrogen-bond donors (Lipinski definition) is 4. The Morgan fingerprint density at radius 1 is 1.29 bits per heavy atom. The Morgan fingerprint density at radius 2 is 2.00 bits per heavy atom. The molecule has 7 heteroatoms. The van der Waals surface area contributed by atoms with Crippen LogP contribution in [0.3, 0.4) is 0 Å². The lowest BCUT2D eigenvalue weighted by Gasteiger charge is -2.20. The minimum atomic E-state index is -1.31. The van der Waals surface area contributed by atoms with Crippen molar-refractivity contribution >= 4 is 33.6 Å². The molecular formula is C14H12BrN3O3. The minimum absolute atomic E-state index is 0.103. The number of benzene rings is 1. The largest absolute Gasteiger partial charge is 0.398 e. The van der Waals surface area contributed by atoms with E-state index in [1.165, 1.54) is 12.2 Å². The van der Waals surface area contributed by atoms with E-state index >= 15 is 0 Å². The predicted molar refractivity (Wildman–Crippen MR) is 81.9 cm³/mol. The third-order valence-corrected chi connectivity index (χ3v) is 3.50. The summed E-state index contributed by atoms with van der Waals surface area (Å²) < 4.78 is 0.718. The van der Waals surface area contributed by atoms with Gasteiger partial charge < -0.3 is 21.5 Å². The summed E-state index contributed by atoms with van der Waals surface area (Å²) in [6.07, 6.45) is 1.54. The van der Waals surface area contributed by atoms with Crippen molar-refractivity contribution in [3.63, 3.8) is 0 Å². The first-order valence-corrected chi connectivity index (χ1v) is 6.75. The second-order valence-corrected chi connectivity index (χ2v) is 5.08. The Balaban J connectivity index is 2.10. The number of aliphatic hydroxyl groups is 1. The molecule has 0 saturated carbocycles. The summed E-state index contributed by atoms with van der Waals surface area (Å²) in [5.41, 5.74) is 6.27. The van der Waals surface area contributed by atoms with Crippen LogP contribution in [0, 0.1) is 0 Å². The van der Waals surface area contributed by atoms with Gasteiger partial charge >= 0.3 is 6.03 Å². The van der Waals surface area contributed by atoms with Gasteiger partial charge in [-0.05, 0) is 40.2 Å². The van der Waals surface area contributed by atoms with Gasteiger partial charge in [0.2, 0.25) is 0 Å². The van der Waals surface area contributed by atoms with E-state index < -0.39 is 12.1 Å². The Bertz CT molecular complexity index is 690. The average molecular weight is 350 g/mol. The SMILES string of the molecule is NC1=CC=C(NC(=O)Nc2ccccc2Br)C(O)C1=C=O. The number of amides is 2. The molecule has 2 rings (SSSR count). The third-order valence-electron chi connectivity index (χ3n) is 2.81. The van der Waals surface area contributed by atoms with Gasteiger partial charge in [0.25, 0.3) is 0 Å². The van der Waals surface area contributed by atoms with Gasteiger partial charge in [0.1, 0.15) is 12.0 Å². The molecule has 108 valence electrons. The smallest absolute Gasteiger partial charge is 0.323 e. The molecule has 21 heavy (non-hydrogen) atoms. The van der Waals surface area contributed by atoms with Crippen molar-refractivity contribution in [2.75, 3.05) is 5.32 Å². The van der Waals surface area contributed by atoms with E-state index in [0.717, 1.165) is 4.47 Å². The standard InChI is InChI=1S/C14H12BrN3O3/c15-9-3-1-2-4-11(9)17-14(21)18-12-6-5-10(16)8(7-19)13(12)20/h1-6,13,20H,16H2,(H2,17,18,21). The van der Waals surface area contributed by atoms with Crippen LogP contribution in [0.15, 0.2) is 57.9 Å². The maximum Gasteiger partial charge on any atom is 0.323 e. The highest BCUT2D eigenvalue weighted by molar-refractivity contribution is 9.10.